The number of anilines is 2. The van der Waals surface area contributed by atoms with Crippen molar-refractivity contribution in [2.75, 3.05) is 37.9 Å². The molecular weight excluding hydrogens is 681 g/mol. The second-order valence-corrected chi connectivity index (χ2v) is 15.1. The van der Waals surface area contributed by atoms with Crippen molar-refractivity contribution in [1.82, 2.24) is 19.9 Å². The molecule has 0 aliphatic heterocycles. The number of likely N-dealkylation sites (N-methyl/N-ethyl adjacent to an activating group) is 1. The molecule has 2 aliphatic carbocycles. The van der Waals surface area contributed by atoms with E-state index in [1.54, 1.807) is 18.2 Å². The van der Waals surface area contributed by atoms with Gasteiger partial charge in [0.25, 0.3) is 10.0 Å². The molecular formula is C34H40ClF3N6O4S. The van der Waals surface area contributed by atoms with Crippen molar-refractivity contribution in [1.29, 1.82) is 0 Å². The summed E-state index contributed by atoms with van der Waals surface area (Å²) in [6.45, 7) is 1.78. The van der Waals surface area contributed by atoms with Crippen molar-refractivity contribution < 1.29 is 31.1 Å². The van der Waals surface area contributed by atoms with Gasteiger partial charge < -0.3 is 19.7 Å². The van der Waals surface area contributed by atoms with E-state index in [9.17, 15) is 21.6 Å². The Morgan fingerprint density at radius 3 is 2.51 bits per heavy atom. The highest BCUT2D eigenvalue weighted by molar-refractivity contribution is 7.92. The molecule has 0 radical (unpaired) electrons. The van der Waals surface area contributed by atoms with Crippen LogP contribution in [0.3, 0.4) is 0 Å². The molecule has 3 aromatic rings. The van der Waals surface area contributed by atoms with Gasteiger partial charge in [0.2, 0.25) is 0 Å². The molecule has 1 unspecified atom stereocenters. The first-order valence-corrected chi connectivity index (χ1v) is 17.5. The standard InChI is InChI=1S/C34H40ClF3N6O4S/c1-33(13-6-7-24(18-33)34(36,37)38)23-9-11-28(29(15-23)43(2)3)42-32-27(35)17-26(19-40-32)49(45,46)44(31-12-14-39-21-41-31)20-22-8-10-25(47-4)16-30(22)48-5/h6-8,10,12-14,16-17,19,21,23,28-29H,9,11,15,18,20H2,1-5H3,(H,40,42)/t23-,28-,29-,33?/m0/s1. The van der Waals surface area contributed by atoms with Crippen LogP contribution in [0.5, 0.6) is 11.5 Å². The van der Waals surface area contributed by atoms with Gasteiger partial charge in [-0.25, -0.2) is 27.7 Å². The van der Waals surface area contributed by atoms with Gasteiger partial charge in [-0.3, -0.25) is 0 Å². The lowest BCUT2D eigenvalue weighted by atomic mass is 9.63. The fourth-order valence-electron chi connectivity index (χ4n) is 6.70. The van der Waals surface area contributed by atoms with Gasteiger partial charge in [-0.05, 0) is 69.3 Å². The first-order chi connectivity index (χ1) is 23.2. The van der Waals surface area contributed by atoms with E-state index in [-0.39, 0.29) is 46.7 Å². The zero-order chi connectivity index (χ0) is 35.6. The highest BCUT2D eigenvalue weighted by Gasteiger charge is 2.45. The summed E-state index contributed by atoms with van der Waals surface area (Å²) < 4.78 is 81.0. The number of nitrogens with one attached hydrogen (secondary N) is 1. The molecule has 0 spiro atoms. The average Bonchev–Trinajstić information content (AvgIpc) is 3.07. The Labute approximate surface area is 290 Å². The number of pyridine rings is 1. The van der Waals surface area contributed by atoms with Crippen molar-refractivity contribution in [2.24, 2.45) is 11.3 Å². The Hall–Kier alpha value is -3.88. The summed E-state index contributed by atoms with van der Waals surface area (Å²) in [7, 11) is 2.63. The number of benzene rings is 1. The van der Waals surface area contributed by atoms with Crippen LogP contribution >= 0.6 is 11.6 Å². The SMILES string of the molecule is COc1ccc(CN(c2ccncn2)S(=O)(=O)c2cnc(N[C@H]3CC[C@H](C4(C)C=CC=C(C(F)(F)F)C4)C[C@@H]3N(C)C)c(Cl)c2)c(OC)c1. The number of ether oxygens (including phenoxy) is 2. The van der Waals surface area contributed by atoms with Crippen LogP contribution in [0.4, 0.5) is 24.8 Å². The van der Waals surface area contributed by atoms with Crippen LogP contribution < -0.4 is 19.1 Å². The minimum Gasteiger partial charge on any atom is -0.497 e. The number of halogens is 4. The van der Waals surface area contributed by atoms with Gasteiger partial charge in [0.05, 0.1) is 25.8 Å². The number of allylic oxidation sites excluding steroid dienone is 4. The first-order valence-electron chi connectivity index (χ1n) is 15.7. The molecule has 264 valence electrons. The van der Waals surface area contributed by atoms with E-state index in [1.807, 2.05) is 27.1 Å². The fraction of sp³-hybridized carbons (Fsp3) is 0.441. The highest BCUT2D eigenvalue weighted by Crippen LogP contribution is 2.49. The van der Waals surface area contributed by atoms with Gasteiger partial charge in [0.1, 0.15) is 34.4 Å². The molecule has 5 rings (SSSR count). The van der Waals surface area contributed by atoms with Crippen molar-refractivity contribution in [2.45, 2.75) is 62.3 Å². The molecule has 4 atom stereocenters. The smallest absolute Gasteiger partial charge is 0.412 e. The van der Waals surface area contributed by atoms with E-state index in [2.05, 4.69) is 25.2 Å². The van der Waals surface area contributed by atoms with Gasteiger partial charge in [-0.15, -0.1) is 0 Å². The Bertz CT molecular complexity index is 1810. The number of methoxy groups -OCH3 is 2. The summed E-state index contributed by atoms with van der Waals surface area (Å²) in [5.74, 6) is 1.45. The summed E-state index contributed by atoms with van der Waals surface area (Å²) in [5, 5.41) is 3.51. The Morgan fingerprint density at radius 2 is 1.88 bits per heavy atom. The molecule has 0 bridgehead atoms. The number of alkyl halides is 3. The van der Waals surface area contributed by atoms with Gasteiger partial charge >= 0.3 is 6.18 Å². The molecule has 1 fully saturated rings. The third-order valence-electron chi connectivity index (χ3n) is 9.48. The van der Waals surface area contributed by atoms with E-state index in [4.69, 9.17) is 21.1 Å². The van der Waals surface area contributed by atoms with Gasteiger partial charge in [-0.1, -0.05) is 36.8 Å². The van der Waals surface area contributed by atoms with Crippen molar-refractivity contribution in [3.05, 3.63) is 83.4 Å². The summed E-state index contributed by atoms with van der Waals surface area (Å²) in [6.07, 6.45) is 6.14. The average molecular weight is 721 g/mol. The molecule has 2 aromatic heterocycles. The molecule has 49 heavy (non-hydrogen) atoms. The van der Waals surface area contributed by atoms with Crippen LogP contribution in [0.25, 0.3) is 0 Å². The number of nitrogens with zero attached hydrogens (tertiary/aromatic N) is 5. The number of hydrogen-bond acceptors (Lipinski definition) is 9. The summed E-state index contributed by atoms with van der Waals surface area (Å²) in [6, 6.07) is 7.74. The normalized spacial score (nSPS) is 22.8. The van der Waals surface area contributed by atoms with Gasteiger partial charge in [0, 0.05) is 47.7 Å². The first kappa shape index (κ1) is 36.4. The van der Waals surface area contributed by atoms with E-state index in [0.717, 1.165) is 4.31 Å². The second-order valence-electron chi connectivity index (χ2n) is 12.8. The predicted octanol–water partition coefficient (Wildman–Crippen LogP) is 6.90. The van der Waals surface area contributed by atoms with Crippen LogP contribution in [-0.4, -0.2) is 74.8 Å². The topological polar surface area (TPSA) is 110 Å². The molecule has 1 N–H and O–H groups in total. The minimum atomic E-state index is -4.36. The number of sulfonamides is 1. The Morgan fingerprint density at radius 1 is 1.10 bits per heavy atom. The Kier molecular flexibility index (Phi) is 10.8. The van der Waals surface area contributed by atoms with Crippen LogP contribution in [0.15, 0.2) is 77.7 Å². The molecule has 1 saturated carbocycles. The van der Waals surface area contributed by atoms with Crippen LogP contribution in [0.2, 0.25) is 5.02 Å². The van der Waals surface area contributed by atoms with Crippen LogP contribution in [-0.2, 0) is 16.6 Å². The minimum absolute atomic E-state index is 0.0216. The van der Waals surface area contributed by atoms with E-state index < -0.39 is 27.2 Å². The maximum atomic E-state index is 14.2. The van der Waals surface area contributed by atoms with E-state index in [0.29, 0.717) is 42.1 Å². The number of hydrogen-bond donors (Lipinski definition) is 1. The third kappa shape index (κ3) is 7.97. The fourth-order valence-corrected chi connectivity index (χ4v) is 8.36. The number of aromatic nitrogens is 3. The molecule has 0 saturated heterocycles. The lowest BCUT2D eigenvalue weighted by Crippen LogP contribution is -2.50. The van der Waals surface area contributed by atoms with Crippen LogP contribution in [0, 0.1) is 11.3 Å². The molecule has 0 amide bonds. The number of rotatable bonds is 11. The summed E-state index contributed by atoms with van der Waals surface area (Å²) >= 11 is 6.70. The van der Waals surface area contributed by atoms with Gasteiger partial charge in [-0.2, -0.15) is 13.2 Å². The molecule has 2 aliphatic rings. The third-order valence-corrected chi connectivity index (χ3v) is 11.5. The van der Waals surface area contributed by atoms with Crippen molar-refractivity contribution in [3.8, 4) is 11.5 Å². The van der Waals surface area contributed by atoms with Crippen molar-refractivity contribution in [3.63, 3.8) is 0 Å². The Balaban J connectivity index is 1.37. The van der Waals surface area contributed by atoms with E-state index in [1.165, 1.54) is 57.2 Å². The highest BCUT2D eigenvalue weighted by atomic mass is 35.5. The summed E-state index contributed by atoms with van der Waals surface area (Å²) in [5.41, 5.74) is -0.571. The van der Waals surface area contributed by atoms with Crippen molar-refractivity contribution >= 4 is 33.3 Å². The zero-order valence-electron chi connectivity index (χ0n) is 27.9. The predicted molar refractivity (Wildman–Crippen MR) is 182 cm³/mol. The maximum Gasteiger partial charge on any atom is 0.412 e. The molecule has 1 aromatic carbocycles. The zero-order valence-corrected chi connectivity index (χ0v) is 29.5. The van der Waals surface area contributed by atoms with Crippen LogP contribution in [0.1, 0.15) is 38.2 Å². The summed E-state index contributed by atoms with van der Waals surface area (Å²) in [4.78, 5) is 14.5. The molecule has 2 heterocycles. The molecule has 15 heteroatoms. The second kappa shape index (κ2) is 14.5. The maximum absolute atomic E-state index is 14.2. The van der Waals surface area contributed by atoms with E-state index >= 15 is 0 Å². The lowest BCUT2D eigenvalue weighted by molar-refractivity contribution is -0.0982. The quantitative estimate of drug-likeness (QED) is 0.226. The van der Waals surface area contributed by atoms with Gasteiger partial charge in [0.15, 0.2) is 0 Å². The largest absolute Gasteiger partial charge is 0.497 e. The molecule has 10 nitrogen and oxygen atoms in total. The monoisotopic (exact) mass is 720 g/mol. The lowest BCUT2D eigenvalue weighted by Gasteiger charge is -2.47.